The molecule has 2 rings (SSSR count). The van der Waals surface area contributed by atoms with Crippen molar-refractivity contribution in [1.29, 1.82) is 0 Å². The lowest BCUT2D eigenvalue weighted by molar-refractivity contribution is -0.132. The molecule has 2 aliphatic rings. The molecule has 86 valence electrons. The fourth-order valence-corrected chi connectivity index (χ4v) is 4.39. The maximum absolute atomic E-state index is 12.1. The summed E-state index contributed by atoms with van der Waals surface area (Å²) in [6, 6.07) is 0.0671. The van der Waals surface area contributed by atoms with Crippen LogP contribution in [0.5, 0.6) is 0 Å². The fraction of sp³-hybridized carbons (Fsp3) is 0.900. The number of nitrogens with zero attached hydrogens (tertiary/aromatic N) is 1. The molecular formula is C10H18N2OS2. The summed E-state index contributed by atoms with van der Waals surface area (Å²) in [7, 11) is 0. The first kappa shape index (κ1) is 11.6. The monoisotopic (exact) mass is 246 g/mol. The molecule has 15 heavy (non-hydrogen) atoms. The van der Waals surface area contributed by atoms with Crippen LogP contribution in [0, 0.1) is 0 Å². The summed E-state index contributed by atoms with van der Waals surface area (Å²) in [5, 5.41) is 4.40. The van der Waals surface area contributed by atoms with Gasteiger partial charge in [-0.05, 0) is 0 Å². The molecule has 3 nitrogen and oxygen atoms in total. The molecule has 0 radical (unpaired) electrons. The number of carbonyl (C=O) groups is 1. The normalized spacial score (nSPS) is 36.9. The molecule has 0 saturated carbocycles. The molecule has 2 heterocycles. The lowest BCUT2D eigenvalue weighted by atomic mass is 10.2. The van der Waals surface area contributed by atoms with Crippen LogP contribution in [-0.2, 0) is 4.79 Å². The number of hydrogen-bond donors (Lipinski definition) is 1. The predicted molar refractivity (Wildman–Crippen MR) is 67.3 cm³/mol. The van der Waals surface area contributed by atoms with E-state index in [0.717, 1.165) is 24.7 Å². The molecule has 2 saturated heterocycles. The molecule has 3 atom stereocenters. The summed E-state index contributed by atoms with van der Waals surface area (Å²) in [5.74, 6) is 2.16. The number of rotatable bonds is 1. The summed E-state index contributed by atoms with van der Waals surface area (Å²) in [6.45, 7) is 6.24. The largest absolute Gasteiger partial charge is 0.339 e. The van der Waals surface area contributed by atoms with Crippen LogP contribution in [0.2, 0.25) is 0 Å². The molecule has 0 aromatic heterocycles. The molecule has 0 bridgehead atoms. The second kappa shape index (κ2) is 4.97. The molecule has 0 aromatic rings. The predicted octanol–water partition coefficient (Wildman–Crippen LogP) is 1.00. The molecule has 5 heteroatoms. The molecule has 1 amide bonds. The van der Waals surface area contributed by atoms with E-state index in [4.69, 9.17) is 0 Å². The maximum Gasteiger partial charge on any atom is 0.240 e. The maximum atomic E-state index is 12.1. The topological polar surface area (TPSA) is 32.3 Å². The molecule has 3 unspecified atom stereocenters. The first-order valence-corrected chi connectivity index (χ1v) is 7.52. The van der Waals surface area contributed by atoms with Crippen molar-refractivity contribution in [2.45, 2.75) is 30.4 Å². The van der Waals surface area contributed by atoms with Gasteiger partial charge in [-0.2, -0.15) is 11.8 Å². The minimum absolute atomic E-state index is 0.0671. The smallest absolute Gasteiger partial charge is 0.240 e. The average Bonchev–Trinajstić information content (AvgIpc) is 2.67. The van der Waals surface area contributed by atoms with Crippen LogP contribution in [0.4, 0.5) is 0 Å². The lowest BCUT2D eigenvalue weighted by Gasteiger charge is -2.35. The Morgan fingerprint density at radius 3 is 2.53 bits per heavy atom. The summed E-state index contributed by atoms with van der Waals surface area (Å²) in [5.41, 5.74) is 0. The summed E-state index contributed by atoms with van der Waals surface area (Å²) in [6.07, 6.45) is 0. The van der Waals surface area contributed by atoms with E-state index < -0.39 is 0 Å². The van der Waals surface area contributed by atoms with Crippen molar-refractivity contribution in [3.05, 3.63) is 0 Å². The van der Waals surface area contributed by atoms with Gasteiger partial charge in [-0.25, -0.2) is 0 Å². The Hall–Kier alpha value is 0.130. The highest BCUT2D eigenvalue weighted by Gasteiger charge is 2.31. The van der Waals surface area contributed by atoms with E-state index in [1.54, 1.807) is 0 Å². The molecule has 2 fully saturated rings. The van der Waals surface area contributed by atoms with Gasteiger partial charge < -0.3 is 4.90 Å². The van der Waals surface area contributed by atoms with Crippen LogP contribution in [-0.4, -0.2) is 52.1 Å². The van der Waals surface area contributed by atoms with Crippen molar-refractivity contribution in [2.24, 2.45) is 0 Å². The van der Waals surface area contributed by atoms with E-state index in [0.29, 0.717) is 16.4 Å². The number of carbonyl (C=O) groups excluding carboxylic acids is 1. The second-order valence-corrected chi connectivity index (χ2v) is 7.18. The van der Waals surface area contributed by atoms with Gasteiger partial charge in [-0.3, -0.25) is 10.1 Å². The van der Waals surface area contributed by atoms with E-state index in [1.807, 2.05) is 28.4 Å². The lowest BCUT2D eigenvalue weighted by Crippen LogP contribution is -2.51. The zero-order chi connectivity index (χ0) is 10.8. The van der Waals surface area contributed by atoms with Crippen LogP contribution in [0.25, 0.3) is 0 Å². The highest BCUT2D eigenvalue weighted by molar-refractivity contribution is 8.00. The fourth-order valence-electron chi connectivity index (χ4n) is 2.13. The van der Waals surface area contributed by atoms with Crippen LogP contribution >= 0.6 is 23.5 Å². The third-order valence-corrected chi connectivity index (χ3v) is 4.91. The Labute approximate surface area is 99.7 Å². The number of nitrogens with one attached hydrogen (secondary N) is 1. The zero-order valence-corrected chi connectivity index (χ0v) is 10.9. The first-order chi connectivity index (χ1) is 7.16. The SMILES string of the molecule is CC1CN(C(=O)C2CSCN2)CC(C)S1. The quantitative estimate of drug-likeness (QED) is 0.748. The van der Waals surface area contributed by atoms with Crippen LogP contribution in [0.3, 0.4) is 0 Å². The van der Waals surface area contributed by atoms with Gasteiger partial charge in [0.2, 0.25) is 5.91 Å². The van der Waals surface area contributed by atoms with Crippen molar-refractivity contribution in [1.82, 2.24) is 10.2 Å². The Bertz CT molecular complexity index is 234. The summed E-state index contributed by atoms with van der Waals surface area (Å²) < 4.78 is 0. The van der Waals surface area contributed by atoms with Crippen LogP contribution in [0.1, 0.15) is 13.8 Å². The highest BCUT2D eigenvalue weighted by atomic mass is 32.2. The minimum Gasteiger partial charge on any atom is -0.339 e. The van der Waals surface area contributed by atoms with Gasteiger partial charge >= 0.3 is 0 Å². The van der Waals surface area contributed by atoms with E-state index in [1.165, 1.54) is 0 Å². The van der Waals surface area contributed by atoms with Gasteiger partial charge in [0.15, 0.2) is 0 Å². The van der Waals surface area contributed by atoms with Gasteiger partial charge in [0.1, 0.15) is 0 Å². The van der Waals surface area contributed by atoms with E-state index in [9.17, 15) is 4.79 Å². The summed E-state index contributed by atoms with van der Waals surface area (Å²) in [4.78, 5) is 14.2. The van der Waals surface area contributed by atoms with Gasteiger partial charge in [-0.15, -0.1) is 11.8 Å². The van der Waals surface area contributed by atoms with Crippen molar-refractivity contribution >= 4 is 29.4 Å². The average molecular weight is 246 g/mol. The molecule has 0 spiro atoms. The summed E-state index contributed by atoms with van der Waals surface area (Å²) >= 11 is 3.80. The molecule has 1 N–H and O–H groups in total. The second-order valence-electron chi connectivity index (χ2n) is 4.27. The van der Waals surface area contributed by atoms with Gasteiger partial charge in [0.25, 0.3) is 0 Å². The minimum atomic E-state index is 0.0671. The van der Waals surface area contributed by atoms with E-state index in [2.05, 4.69) is 19.2 Å². The van der Waals surface area contributed by atoms with Crippen molar-refractivity contribution < 1.29 is 4.79 Å². The Kier molecular flexibility index (Phi) is 3.85. The van der Waals surface area contributed by atoms with Crippen LogP contribution < -0.4 is 5.32 Å². The zero-order valence-electron chi connectivity index (χ0n) is 9.23. The van der Waals surface area contributed by atoms with E-state index in [-0.39, 0.29) is 6.04 Å². The van der Waals surface area contributed by atoms with Crippen molar-refractivity contribution in [2.75, 3.05) is 24.7 Å². The Morgan fingerprint density at radius 1 is 1.33 bits per heavy atom. The molecule has 2 aliphatic heterocycles. The van der Waals surface area contributed by atoms with Gasteiger partial charge in [0, 0.05) is 35.2 Å². The van der Waals surface area contributed by atoms with E-state index >= 15 is 0 Å². The molecule has 0 aromatic carbocycles. The highest BCUT2D eigenvalue weighted by Crippen LogP contribution is 2.25. The molecular weight excluding hydrogens is 228 g/mol. The molecule has 0 aliphatic carbocycles. The Morgan fingerprint density at radius 2 is 2.00 bits per heavy atom. The third kappa shape index (κ3) is 2.82. The number of amides is 1. The Balaban J connectivity index is 1.93. The van der Waals surface area contributed by atoms with Crippen molar-refractivity contribution in [3.8, 4) is 0 Å². The van der Waals surface area contributed by atoms with Gasteiger partial charge in [-0.1, -0.05) is 13.8 Å². The first-order valence-electron chi connectivity index (χ1n) is 5.42. The number of thioether (sulfide) groups is 2. The standard InChI is InChI=1S/C10H18N2OS2/c1-7-3-12(4-8(2)15-7)10(13)9-5-14-6-11-9/h7-9,11H,3-6H2,1-2H3. The van der Waals surface area contributed by atoms with Crippen molar-refractivity contribution in [3.63, 3.8) is 0 Å². The van der Waals surface area contributed by atoms with Gasteiger partial charge in [0.05, 0.1) is 6.04 Å². The third-order valence-electron chi connectivity index (χ3n) is 2.75. The number of hydrogen-bond acceptors (Lipinski definition) is 4. The van der Waals surface area contributed by atoms with Crippen LogP contribution in [0.15, 0.2) is 0 Å².